The maximum absolute atomic E-state index is 12.3. The molecule has 0 atom stereocenters. The van der Waals surface area contributed by atoms with Crippen molar-refractivity contribution in [2.75, 3.05) is 33.7 Å². The maximum atomic E-state index is 12.3. The Morgan fingerprint density at radius 2 is 1.50 bits per heavy atom. The third kappa shape index (κ3) is 4.41. The first-order chi connectivity index (χ1) is 9.38. The standard InChI is InChI=1S/C14H31N3O2S/c1-5-17(6-2)20(18,19)15-13-14(16(3)4)11-9-7-8-10-12-14/h15H,5-13H2,1-4H3. The third-order valence-electron chi connectivity index (χ3n) is 4.61. The van der Waals surface area contributed by atoms with Gasteiger partial charge in [0.1, 0.15) is 0 Å². The molecule has 1 fully saturated rings. The van der Waals surface area contributed by atoms with Crippen molar-refractivity contribution in [1.29, 1.82) is 0 Å². The molecule has 0 radical (unpaired) electrons. The Morgan fingerprint density at radius 1 is 1.00 bits per heavy atom. The van der Waals surface area contributed by atoms with E-state index in [-0.39, 0.29) is 5.54 Å². The number of hydrogen-bond acceptors (Lipinski definition) is 3. The number of nitrogens with one attached hydrogen (secondary N) is 1. The van der Waals surface area contributed by atoms with Crippen LogP contribution in [0.4, 0.5) is 0 Å². The lowest BCUT2D eigenvalue weighted by Gasteiger charge is -2.40. The van der Waals surface area contributed by atoms with Crippen LogP contribution in [0.3, 0.4) is 0 Å². The van der Waals surface area contributed by atoms with Crippen LogP contribution in [0.25, 0.3) is 0 Å². The van der Waals surface area contributed by atoms with Crippen LogP contribution in [-0.4, -0.2) is 56.9 Å². The second-order valence-electron chi connectivity index (χ2n) is 5.94. The Balaban J connectivity index is 2.76. The predicted molar refractivity (Wildman–Crippen MR) is 84.0 cm³/mol. The first-order valence-corrected chi connectivity index (χ1v) is 9.24. The molecule has 6 heteroatoms. The lowest BCUT2D eigenvalue weighted by atomic mass is 9.89. The molecule has 0 aromatic carbocycles. The van der Waals surface area contributed by atoms with Gasteiger partial charge in [-0.1, -0.05) is 39.5 Å². The second kappa shape index (κ2) is 7.73. The molecule has 1 N–H and O–H groups in total. The van der Waals surface area contributed by atoms with Gasteiger partial charge in [0.05, 0.1) is 0 Å². The summed E-state index contributed by atoms with van der Waals surface area (Å²) in [5, 5.41) is 0. The summed E-state index contributed by atoms with van der Waals surface area (Å²) in [6, 6.07) is 0. The summed E-state index contributed by atoms with van der Waals surface area (Å²) in [4.78, 5) is 2.21. The van der Waals surface area contributed by atoms with Crippen molar-refractivity contribution in [1.82, 2.24) is 13.9 Å². The normalized spacial score (nSPS) is 20.3. The zero-order valence-electron chi connectivity index (χ0n) is 13.5. The fourth-order valence-corrected chi connectivity index (χ4v) is 4.36. The summed E-state index contributed by atoms with van der Waals surface area (Å²) >= 11 is 0. The minimum atomic E-state index is -3.35. The highest BCUT2D eigenvalue weighted by atomic mass is 32.2. The van der Waals surface area contributed by atoms with Crippen LogP contribution in [0.2, 0.25) is 0 Å². The Hall–Kier alpha value is -0.170. The van der Waals surface area contributed by atoms with Gasteiger partial charge >= 0.3 is 0 Å². The van der Waals surface area contributed by atoms with Crippen molar-refractivity contribution in [2.45, 2.75) is 57.9 Å². The summed E-state index contributed by atoms with van der Waals surface area (Å²) in [5.74, 6) is 0. The highest BCUT2D eigenvalue weighted by Gasteiger charge is 2.34. The summed E-state index contributed by atoms with van der Waals surface area (Å²) < 4.78 is 28.9. The monoisotopic (exact) mass is 305 g/mol. The molecule has 0 heterocycles. The molecule has 0 spiro atoms. The molecule has 0 aromatic heterocycles. The van der Waals surface area contributed by atoms with Gasteiger partial charge in [-0.3, -0.25) is 0 Å². The van der Waals surface area contributed by atoms with Crippen molar-refractivity contribution in [3.8, 4) is 0 Å². The van der Waals surface area contributed by atoms with E-state index in [1.54, 1.807) is 0 Å². The predicted octanol–water partition coefficient (Wildman–Crippen LogP) is 1.82. The minimum Gasteiger partial charge on any atom is -0.302 e. The maximum Gasteiger partial charge on any atom is 0.279 e. The molecule has 1 saturated carbocycles. The molecule has 0 saturated heterocycles. The smallest absolute Gasteiger partial charge is 0.279 e. The van der Waals surface area contributed by atoms with E-state index in [1.807, 2.05) is 13.8 Å². The van der Waals surface area contributed by atoms with Gasteiger partial charge in [0.2, 0.25) is 0 Å². The Labute approximate surface area is 124 Å². The van der Waals surface area contributed by atoms with Gasteiger partial charge in [-0.2, -0.15) is 12.7 Å². The van der Waals surface area contributed by atoms with E-state index in [0.29, 0.717) is 19.6 Å². The molecule has 20 heavy (non-hydrogen) atoms. The number of rotatable bonds is 7. The van der Waals surface area contributed by atoms with Crippen LogP contribution in [0.15, 0.2) is 0 Å². The third-order valence-corrected chi connectivity index (χ3v) is 6.32. The molecular formula is C14H31N3O2S. The quantitative estimate of drug-likeness (QED) is 0.730. The molecule has 120 valence electrons. The van der Waals surface area contributed by atoms with E-state index in [1.165, 1.54) is 30.0 Å². The Bertz CT molecular complexity index is 370. The van der Waals surface area contributed by atoms with E-state index in [4.69, 9.17) is 0 Å². The summed E-state index contributed by atoms with van der Waals surface area (Å²) in [6.45, 7) is 5.28. The molecule has 0 aliphatic heterocycles. The van der Waals surface area contributed by atoms with Gasteiger partial charge in [0.25, 0.3) is 10.2 Å². The fraction of sp³-hybridized carbons (Fsp3) is 1.00. The van der Waals surface area contributed by atoms with Gasteiger partial charge in [0, 0.05) is 25.2 Å². The molecule has 5 nitrogen and oxygen atoms in total. The van der Waals surface area contributed by atoms with E-state index in [0.717, 1.165) is 12.8 Å². The molecule has 1 aliphatic carbocycles. The largest absolute Gasteiger partial charge is 0.302 e. The molecule has 1 aliphatic rings. The summed E-state index contributed by atoms with van der Waals surface area (Å²) in [5.41, 5.74) is -0.0310. The van der Waals surface area contributed by atoms with Crippen LogP contribution >= 0.6 is 0 Å². The van der Waals surface area contributed by atoms with E-state index < -0.39 is 10.2 Å². The Kier molecular flexibility index (Phi) is 6.91. The average Bonchev–Trinajstić information content (AvgIpc) is 2.64. The number of hydrogen-bond donors (Lipinski definition) is 1. The summed E-state index contributed by atoms with van der Waals surface area (Å²) in [7, 11) is 0.784. The zero-order valence-corrected chi connectivity index (χ0v) is 14.3. The molecule has 0 aromatic rings. The first kappa shape index (κ1) is 17.9. The van der Waals surface area contributed by atoms with Crippen molar-refractivity contribution >= 4 is 10.2 Å². The Morgan fingerprint density at radius 3 is 1.90 bits per heavy atom. The number of likely N-dealkylation sites (N-methyl/N-ethyl adjacent to an activating group) is 1. The van der Waals surface area contributed by atoms with Crippen LogP contribution < -0.4 is 4.72 Å². The van der Waals surface area contributed by atoms with E-state index in [9.17, 15) is 8.42 Å². The van der Waals surface area contributed by atoms with Crippen molar-refractivity contribution < 1.29 is 8.42 Å². The van der Waals surface area contributed by atoms with E-state index >= 15 is 0 Å². The zero-order chi connectivity index (χ0) is 15.2. The summed E-state index contributed by atoms with van der Waals surface area (Å²) in [6.07, 6.45) is 7.04. The van der Waals surface area contributed by atoms with E-state index in [2.05, 4.69) is 23.7 Å². The van der Waals surface area contributed by atoms with Crippen molar-refractivity contribution in [3.05, 3.63) is 0 Å². The molecule has 0 unspecified atom stereocenters. The SMILES string of the molecule is CCN(CC)S(=O)(=O)NCC1(N(C)C)CCCCCC1. The second-order valence-corrected chi connectivity index (χ2v) is 7.70. The van der Waals surface area contributed by atoms with Crippen LogP contribution in [-0.2, 0) is 10.2 Å². The first-order valence-electron chi connectivity index (χ1n) is 7.80. The lowest BCUT2D eigenvalue weighted by molar-refractivity contribution is 0.133. The van der Waals surface area contributed by atoms with Crippen LogP contribution in [0, 0.1) is 0 Å². The van der Waals surface area contributed by atoms with Crippen LogP contribution in [0.1, 0.15) is 52.4 Å². The van der Waals surface area contributed by atoms with Gasteiger partial charge in [0.15, 0.2) is 0 Å². The van der Waals surface area contributed by atoms with Gasteiger partial charge in [-0.05, 0) is 26.9 Å². The lowest BCUT2D eigenvalue weighted by Crippen LogP contribution is -2.54. The van der Waals surface area contributed by atoms with Gasteiger partial charge in [-0.25, -0.2) is 4.72 Å². The van der Waals surface area contributed by atoms with Gasteiger partial charge < -0.3 is 4.90 Å². The molecule has 0 bridgehead atoms. The van der Waals surface area contributed by atoms with Crippen LogP contribution in [0.5, 0.6) is 0 Å². The minimum absolute atomic E-state index is 0.0310. The van der Waals surface area contributed by atoms with Crippen molar-refractivity contribution in [3.63, 3.8) is 0 Å². The topological polar surface area (TPSA) is 52.7 Å². The number of nitrogens with zero attached hydrogens (tertiary/aromatic N) is 2. The molecule has 1 rings (SSSR count). The average molecular weight is 305 g/mol. The molecule has 0 amide bonds. The fourth-order valence-electron chi connectivity index (χ4n) is 3.05. The highest BCUT2D eigenvalue weighted by molar-refractivity contribution is 7.87. The molecular weight excluding hydrogens is 274 g/mol. The van der Waals surface area contributed by atoms with Gasteiger partial charge in [-0.15, -0.1) is 0 Å². The van der Waals surface area contributed by atoms with Crippen molar-refractivity contribution in [2.24, 2.45) is 0 Å². The highest BCUT2D eigenvalue weighted by Crippen LogP contribution is 2.30.